The third kappa shape index (κ3) is 3.22. The first-order valence-electron chi connectivity index (χ1n) is 9.45. The molecule has 0 bridgehead atoms. The first-order valence-corrected chi connectivity index (χ1v) is 12.1. The van der Waals surface area contributed by atoms with Crippen molar-refractivity contribution in [2.75, 3.05) is 0 Å². The molecule has 3 aromatic carbocycles. The number of aromatic nitrogens is 1. The van der Waals surface area contributed by atoms with Crippen molar-refractivity contribution in [1.29, 1.82) is 0 Å². The predicted octanol–water partition coefficient (Wildman–Crippen LogP) is 5.06. The summed E-state index contributed by atoms with van der Waals surface area (Å²) in [6.45, 7) is 0. The topological polar surface area (TPSA) is 55.5 Å². The molecule has 0 aliphatic rings. The van der Waals surface area contributed by atoms with Gasteiger partial charge in [-0.2, -0.15) is 4.98 Å². The maximum Gasteiger partial charge on any atom is 0.349 e. The highest BCUT2D eigenvalue weighted by molar-refractivity contribution is 7.87. The zero-order chi connectivity index (χ0) is 20.4. The van der Waals surface area contributed by atoms with Crippen LogP contribution in [0.2, 0.25) is 0 Å². The Kier molecular flexibility index (Phi) is 4.91. The van der Waals surface area contributed by atoms with E-state index in [1.165, 1.54) is 11.3 Å². The van der Waals surface area contributed by atoms with Gasteiger partial charge in [0.1, 0.15) is 4.83 Å². The normalized spacial score (nSPS) is 11.5. The molecular weight excluding hydrogens is 411 g/mol. The minimum Gasteiger partial charge on any atom is -0.387 e. The van der Waals surface area contributed by atoms with Crippen LogP contribution < -0.4 is 21.5 Å². The Hall–Kier alpha value is -3.27. The largest absolute Gasteiger partial charge is 0.387 e. The predicted molar refractivity (Wildman–Crippen MR) is 125 cm³/mol. The van der Waals surface area contributed by atoms with Crippen molar-refractivity contribution in [3.05, 3.63) is 113 Å². The van der Waals surface area contributed by atoms with Crippen LogP contribution in [-0.2, 0) is 0 Å². The monoisotopic (exact) mass is 428 g/mol. The molecule has 4 nitrogen and oxygen atoms in total. The van der Waals surface area contributed by atoms with E-state index in [9.17, 15) is 4.79 Å². The fraction of sp³-hybridized carbons (Fsp3) is 0. The third-order valence-electron chi connectivity index (χ3n) is 4.87. The van der Waals surface area contributed by atoms with Crippen LogP contribution in [-0.4, -0.2) is 4.98 Å². The van der Waals surface area contributed by atoms with Gasteiger partial charge in [0.2, 0.25) is 0 Å². The Balaban J connectivity index is 1.92. The van der Waals surface area contributed by atoms with Crippen LogP contribution in [0.25, 0.3) is 10.2 Å². The van der Waals surface area contributed by atoms with E-state index in [-0.39, 0.29) is 6.01 Å². The van der Waals surface area contributed by atoms with Crippen molar-refractivity contribution >= 4 is 50.5 Å². The number of hydrogen-bond acceptors (Lipinski definition) is 5. The zero-order valence-corrected chi connectivity index (χ0v) is 17.6. The lowest BCUT2D eigenvalue weighted by Crippen LogP contribution is -2.25. The van der Waals surface area contributed by atoms with Gasteiger partial charge in [0.05, 0.1) is 12.4 Å². The molecule has 5 rings (SSSR count). The number of nitrogens with zero attached hydrogens (tertiary/aromatic N) is 2. The fourth-order valence-corrected chi connectivity index (χ4v) is 7.65. The molecule has 6 heteroatoms. The quantitative estimate of drug-likeness (QED) is 0.376. The van der Waals surface area contributed by atoms with E-state index in [0.717, 1.165) is 15.9 Å². The lowest BCUT2D eigenvalue weighted by molar-refractivity contribution is 0.516. The molecule has 146 valence electrons. The SMILES string of the molecule is O=c1oc(N=P(c2ccccc2)(c2ccccc2)c2ccccc2)nc2sccc12. The molecule has 0 radical (unpaired) electrons. The Morgan fingerprint density at radius 1 is 0.733 bits per heavy atom. The van der Waals surface area contributed by atoms with Gasteiger partial charge in [0.25, 0.3) is 0 Å². The Bertz CT molecular complexity index is 1310. The summed E-state index contributed by atoms with van der Waals surface area (Å²) < 4.78 is 10.7. The molecule has 5 aromatic rings. The smallest absolute Gasteiger partial charge is 0.349 e. The third-order valence-corrected chi connectivity index (χ3v) is 9.29. The van der Waals surface area contributed by atoms with Crippen LogP contribution in [0.4, 0.5) is 6.01 Å². The summed E-state index contributed by atoms with van der Waals surface area (Å²) in [5.41, 5.74) is -0.410. The summed E-state index contributed by atoms with van der Waals surface area (Å²) in [7, 11) is -2.52. The second-order valence-corrected chi connectivity index (χ2v) is 10.6. The molecule has 0 amide bonds. The minimum absolute atomic E-state index is 0.111. The van der Waals surface area contributed by atoms with Gasteiger partial charge in [-0.15, -0.1) is 11.3 Å². The first kappa shape index (κ1) is 18.7. The van der Waals surface area contributed by atoms with Gasteiger partial charge in [0, 0.05) is 15.9 Å². The van der Waals surface area contributed by atoms with E-state index in [1.54, 1.807) is 6.07 Å². The summed E-state index contributed by atoms with van der Waals surface area (Å²) in [6, 6.07) is 32.4. The molecule has 0 unspecified atom stereocenters. The zero-order valence-electron chi connectivity index (χ0n) is 15.9. The highest BCUT2D eigenvalue weighted by Gasteiger charge is 2.28. The van der Waals surface area contributed by atoms with Crippen molar-refractivity contribution in [1.82, 2.24) is 4.98 Å². The summed E-state index contributed by atoms with van der Waals surface area (Å²) in [5, 5.41) is 5.53. The number of hydrogen-bond donors (Lipinski definition) is 0. The number of rotatable bonds is 4. The van der Waals surface area contributed by atoms with E-state index < -0.39 is 12.7 Å². The van der Waals surface area contributed by atoms with Gasteiger partial charge in [-0.3, -0.25) is 0 Å². The molecule has 2 heterocycles. The standard InChI is InChI=1S/C24H17N2O2PS/c27-23-21-16-17-30-22(21)25-24(28-23)26-29(18-10-4-1-5-11-18,19-12-6-2-7-13-19)20-14-8-3-9-15-20/h1-17H. The summed E-state index contributed by atoms with van der Waals surface area (Å²) in [4.78, 5) is 17.7. The van der Waals surface area contributed by atoms with E-state index in [0.29, 0.717) is 10.2 Å². The first-order chi connectivity index (χ1) is 14.8. The molecule has 2 aromatic heterocycles. The second kappa shape index (κ2) is 7.86. The van der Waals surface area contributed by atoms with Gasteiger partial charge in [-0.1, -0.05) is 91.0 Å². The highest BCUT2D eigenvalue weighted by Crippen LogP contribution is 2.48. The van der Waals surface area contributed by atoms with Gasteiger partial charge >= 0.3 is 11.6 Å². The van der Waals surface area contributed by atoms with Crippen molar-refractivity contribution in [3.8, 4) is 0 Å². The Morgan fingerprint density at radius 2 is 1.23 bits per heavy atom. The van der Waals surface area contributed by atoms with Crippen LogP contribution in [0.3, 0.4) is 0 Å². The Morgan fingerprint density at radius 3 is 1.73 bits per heavy atom. The van der Waals surface area contributed by atoms with E-state index in [4.69, 9.17) is 9.16 Å². The lowest BCUT2D eigenvalue weighted by atomic mass is 10.4. The molecule has 0 saturated carbocycles. The van der Waals surface area contributed by atoms with Crippen LogP contribution >= 0.6 is 18.4 Å². The average Bonchev–Trinajstić information content (AvgIpc) is 3.29. The van der Waals surface area contributed by atoms with Crippen molar-refractivity contribution in [2.45, 2.75) is 0 Å². The van der Waals surface area contributed by atoms with Crippen LogP contribution in [0.1, 0.15) is 0 Å². The van der Waals surface area contributed by atoms with E-state index >= 15 is 0 Å². The minimum atomic E-state index is -2.52. The van der Waals surface area contributed by atoms with E-state index in [2.05, 4.69) is 41.4 Å². The number of thiophene rings is 1. The summed E-state index contributed by atoms with van der Waals surface area (Å²) >= 11 is 1.41. The molecule has 0 spiro atoms. The summed E-state index contributed by atoms with van der Waals surface area (Å²) in [6.07, 6.45) is 0. The van der Waals surface area contributed by atoms with Gasteiger partial charge < -0.3 is 4.42 Å². The van der Waals surface area contributed by atoms with Crippen LogP contribution in [0.15, 0.2) is 116 Å². The maximum atomic E-state index is 12.5. The summed E-state index contributed by atoms with van der Waals surface area (Å²) in [5.74, 6) is 0. The second-order valence-electron chi connectivity index (χ2n) is 6.67. The van der Waals surface area contributed by atoms with Gasteiger partial charge in [0.15, 0.2) is 0 Å². The van der Waals surface area contributed by atoms with Crippen LogP contribution in [0, 0.1) is 0 Å². The molecule has 0 aliphatic carbocycles. The van der Waals surface area contributed by atoms with Crippen LogP contribution in [0.5, 0.6) is 0 Å². The number of benzene rings is 3. The van der Waals surface area contributed by atoms with Gasteiger partial charge in [-0.05, 0) is 11.4 Å². The Labute approximate surface area is 177 Å². The molecular formula is C24H17N2O2PS. The highest BCUT2D eigenvalue weighted by atomic mass is 32.1. The fourth-order valence-electron chi connectivity index (χ4n) is 3.51. The molecule has 0 fully saturated rings. The average molecular weight is 428 g/mol. The van der Waals surface area contributed by atoms with Crippen molar-refractivity contribution < 1.29 is 4.42 Å². The molecule has 0 atom stereocenters. The molecule has 0 aliphatic heterocycles. The van der Waals surface area contributed by atoms with Crippen molar-refractivity contribution in [3.63, 3.8) is 0 Å². The van der Waals surface area contributed by atoms with Gasteiger partial charge in [-0.25, -0.2) is 9.54 Å². The molecule has 0 N–H and O–H groups in total. The van der Waals surface area contributed by atoms with Crippen molar-refractivity contribution in [2.24, 2.45) is 4.74 Å². The molecule has 30 heavy (non-hydrogen) atoms. The molecule has 0 saturated heterocycles. The van der Waals surface area contributed by atoms with E-state index in [1.807, 2.05) is 60.0 Å². The maximum absolute atomic E-state index is 12.5. The lowest BCUT2D eigenvalue weighted by Gasteiger charge is -2.26. The number of fused-ring (bicyclic) bond motifs is 1.